The number of hydrogen-bond donors (Lipinski definition) is 1. The van der Waals surface area contributed by atoms with Crippen LogP contribution in [0.2, 0.25) is 0 Å². The van der Waals surface area contributed by atoms with E-state index in [9.17, 15) is 10.1 Å². The number of benzene rings is 4. The second-order valence-corrected chi connectivity index (χ2v) is 27.8. The number of nitriles is 1. The van der Waals surface area contributed by atoms with Gasteiger partial charge in [-0.3, -0.25) is 4.79 Å². The van der Waals surface area contributed by atoms with Gasteiger partial charge < -0.3 is 28.7 Å². The molecular weight excluding hydrogens is 1160 g/mol. The Morgan fingerprint density at radius 3 is 0.947 bits per heavy atom. The number of aromatic amines is 1. The molecule has 526 valence electrons. The van der Waals surface area contributed by atoms with Crippen molar-refractivity contribution in [3.05, 3.63) is 76.6 Å². The van der Waals surface area contributed by atoms with E-state index in [2.05, 4.69) is 88.1 Å². The highest BCUT2D eigenvalue weighted by molar-refractivity contribution is 6.14. The van der Waals surface area contributed by atoms with Crippen LogP contribution in [0.1, 0.15) is 361 Å². The highest BCUT2D eigenvalue weighted by atomic mass is 16.5. The average Bonchev–Trinajstić information content (AvgIpc) is 0.753. The number of fused-ring (bicyclic) bond motifs is 3. The van der Waals surface area contributed by atoms with Gasteiger partial charge in [0.15, 0.2) is 23.0 Å². The molecule has 1 aromatic heterocycles. The third-order valence-electron chi connectivity index (χ3n) is 19.5. The second kappa shape index (κ2) is 53.0. The molecule has 0 saturated heterocycles. The van der Waals surface area contributed by atoms with Crippen LogP contribution in [-0.2, 0) is 0 Å². The van der Waals surface area contributed by atoms with E-state index >= 15 is 0 Å². The molecule has 0 amide bonds. The van der Waals surface area contributed by atoms with E-state index in [0.29, 0.717) is 67.1 Å². The smallest absolute Gasteiger partial charge is 0.266 e. The van der Waals surface area contributed by atoms with Crippen LogP contribution in [0.4, 0.5) is 0 Å². The summed E-state index contributed by atoms with van der Waals surface area (Å²) >= 11 is 0. The molecule has 0 radical (unpaired) electrons. The monoisotopic (exact) mass is 1290 g/mol. The van der Waals surface area contributed by atoms with E-state index in [1.807, 2.05) is 18.2 Å². The molecule has 0 atom stereocenters. The number of nitrogens with one attached hydrogen (secondary N) is 1. The molecule has 1 N–H and O–H groups in total. The van der Waals surface area contributed by atoms with Crippen LogP contribution >= 0.6 is 0 Å². The number of H-pyrrole nitrogens is 1. The summed E-state index contributed by atoms with van der Waals surface area (Å²) in [5.74, 6) is 3.46. The lowest BCUT2D eigenvalue weighted by molar-refractivity contribution is 0.234. The zero-order valence-corrected chi connectivity index (χ0v) is 61.1. The van der Waals surface area contributed by atoms with Crippen molar-refractivity contribution in [1.29, 1.82) is 5.26 Å². The van der Waals surface area contributed by atoms with Gasteiger partial charge in [-0.1, -0.05) is 354 Å². The minimum atomic E-state index is -0.432. The number of rotatable bonds is 62. The molecule has 94 heavy (non-hydrogen) atoms. The molecule has 0 spiro atoms. The fourth-order valence-electron chi connectivity index (χ4n) is 13.6. The standard InChI is InChI=1S/C86H136N2O6/c1-6-11-16-21-26-31-36-41-46-53-62-90-81-68-73(69-82(91-63-54-47-42-37-32-27-22-17-12-7-2)85(81)94-66-57-50-45-40-35-30-25-20-15-10-5)77-70-80(88-86(89)79(77)71-87)72-60-61-76-78(67-72)74-58-51-52-59-75(74)83(92-64-55-48-43-38-33-28-23-18-13-8-3)84(76)93-65-56-49-44-39-34-29-24-19-14-9-4/h51-52,58-61,67-70H,6-50,53-57,62-66H2,1-5H3,(H,88,89). The third-order valence-corrected chi connectivity index (χ3v) is 19.5. The summed E-state index contributed by atoms with van der Waals surface area (Å²) < 4.78 is 34.3. The first-order valence-electron chi connectivity index (χ1n) is 40.0. The second-order valence-electron chi connectivity index (χ2n) is 27.8. The van der Waals surface area contributed by atoms with Crippen LogP contribution in [0.15, 0.2) is 65.5 Å². The first-order valence-corrected chi connectivity index (χ1v) is 40.0. The van der Waals surface area contributed by atoms with Crippen molar-refractivity contribution in [2.75, 3.05) is 33.0 Å². The summed E-state index contributed by atoms with van der Waals surface area (Å²) in [6, 6.07) is 23.3. The van der Waals surface area contributed by atoms with Crippen molar-refractivity contribution in [2.24, 2.45) is 0 Å². The lowest BCUT2D eigenvalue weighted by Crippen LogP contribution is -2.13. The quantitative estimate of drug-likeness (QED) is 0.0306. The molecule has 1 heterocycles. The lowest BCUT2D eigenvalue weighted by Gasteiger charge is -2.20. The topological polar surface area (TPSA) is 103 Å². The summed E-state index contributed by atoms with van der Waals surface area (Å²) in [7, 11) is 0. The molecule has 8 nitrogen and oxygen atoms in total. The fourth-order valence-corrected chi connectivity index (χ4v) is 13.6. The highest BCUT2D eigenvalue weighted by Crippen LogP contribution is 2.47. The zero-order chi connectivity index (χ0) is 66.6. The molecule has 0 saturated carbocycles. The zero-order valence-electron chi connectivity index (χ0n) is 61.1. The van der Waals surface area contributed by atoms with Gasteiger partial charge in [0.25, 0.3) is 5.56 Å². The maximum absolute atomic E-state index is 14.5. The van der Waals surface area contributed by atoms with E-state index in [1.54, 1.807) is 0 Å². The molecule has 0 unspecified atom stereocenters. The molecule has 4 aromatic carbocycles. The molecule has 0 aliphatic heterocycles. The molecular formula is C86H136N2O6. The molecule has 5 rings (SSSR count). The van der Waals surface area contributed by atoms with E-state index in [1.165, 1.54) is 257 Å². The van der Waals surface area contributed by atoms with E-state index in [-0.39, 0.29) is 5.56 Å². The largest absolute Gasteiger partial charge is 0.490 e. The van der Waals surface area contributed by atoms with Crippen LogP contribution in [0.25, 0.3) is 43.9 Å². The van der Waals surface area contributed by atoms with Crippen LogP contribution in [0.5, 0.6) is 28.7 Å². The predicted octanol–water partition coefficient (Wildman–Crippen LogP) is 27.4. The van der Waals surface area contributed by atoms with Crippen molar-refractivity contribution in [3.63, 3.8) is 0 Å². The van der Waals surface area contributed by atoms with Crippen molar-refractivity contribution in [3.8, 4) is 57.2 Å². The van der Waals surface area contributed by atoms with Gasteiger partial charge in [0, 0.05) is 22.0 Å². The van der Waals surface area contributed by atoms with E-state index < -0.39 is 5.56 Å². The molecule has 0 aliphatic carbocycles. The Balaban J connectivity index is 1.47. The molecule has 8 heteroatoms. The lowest BCUT2D eigenvalue weighted by atomic mass is 9.95. The van der Waals surface area contributed by atoms with Crippen LogP contribution in [-0.4, -0.2) is 38.0 Å². The fraction of sp³-hybridized carbons (Fsp3) is 0.698. The van der Waals surface area contributed by atoms with Crippen molar-refractivity contribution >= 4 is 21.5 Å². The van der Waals surface area contributed by atoms with Crippen LogP contribution in [0, 0.1) is 11.3 Å². The van der Waals surface area contributed by atoms with Gasteiger partial charge >= 0.3 is 0 Å². The van der Waals surface area contributed by atoms with Gasteiger partial charge in [-0.15, -0.1) is 0 Å². The Labute approximate surface area is 575 Å². The molecule has 0 fully saturated rings. The minimum absolute atomic E-state index is 0.0576. The third kappa shape index (κ3) is 31.8. The number of hydrogen-bond acceptors (Lipinski definition) is 7. The summed E-state index contributed by atoms with van der Waals surface area (Å²) in [5, 5.41) is 15.0. The Morgan fingerprint density at radius 2 is 0.606 bits per heavy atom. The summed E-state index contributed by atoms with van der Waals surface area (Å²) in [5.41, 5.74) is 2.33. The first kappa shape index (κ1) is 79.5. The Kier molecular flexibility index (Phi) is 44.8. The highest BCUT2D eigenvalue weighted by Gasteiger charge is 2.23. The number of nitrogens with zero attached hydrogens (tertiary/aromatic N) is 1. The predicted molar refractivity (Wildman–Crippen MR) is 404 cm³/mol. The first-order chi connectivity index (χ1) is 46.5. The summed E-state index contributed by atoms with van der Waals surface area (Å²) in [4.78, 5) is 17.6. The van der Waals surface area contributed by atoms with Gasteiger partial charge in [-0.2, -0.15) is 5.26 Å². The number of aromatic nitrogens is 1. The minimum Gasteiger partial charge on any atom is -0.490 e. The number of unbranched alkanes of at least 4 members (excludes halogenated alkanes) is 45. The maximum Gasteiger partial charge on any atom is 0.266 e. The van der Waals surface area contributed by atoms with Gasteiger partial charge in [0.2, 0.25) is 5.75 Å². The molecule has 5 aromatic rings. The van der Waals surface area contributed by atoms with Gasteiger partial charge in [0.1, 0.15) is 11.6 Å². The maximum atomic E-state index is 14.5. The normalized spacial score (nSPS) is 11.5. The average molecular weight is 1290 g/mol. The van der Waals surface area contributed by atoms with Crippen molar-refractivity contribution in [1.82, 2.24) is 4.98 Å². The Bertz CT molecular complexity index is 2760. The van der Waals surface area contributed by atoms with Gasteiger partial charge in [0.05, 0.1) is 33.0 Å². The van der Waals surface area contributed by atoms with E-state index in [4.69, 9.17) is 23.7 Å². The van der Waals surface area contributed by atoms with Gasteiger partial charge in [-0.05, 0) is 84.3 Å². The van der Waals surface area contributed by atoms with Crippen LogP contribution < -0.4 is 29.2 Å². The van der Waals surface area contributed by atoms with E-state index in [0.717, 1.165) is 103 Å². The number of ether oxygens (including phenoxy) is 5. The SMILES string of the molecule is CCCCCCCCCCCCOc1cc(-c2cc(-c3ccc4c(OCCCCCCCCCCCC)c(OCCCCCCCCCCCC)c5ccccc5c4c3)[nH]c(=O)c2C#N)cc(OCCCCCCCCCCCC)c1OCCCCCCCCCCCC. The van der Waals surface area contributed by atoms with Crippen molar-refractivity contribution in [2.45, 2.75) is 356 Å². The Hall–Kier alpha value is -5.16. The molecule has 0 bridgehead atoms. The molecule has 0 aliphatic rings. The van der Waals surface area contributed by atoms with Gasteiger partial charge in [-0.25, -0.2) is 0 Å². The Morgan fingerprint density at radius 1 is 0.309 bits per heavy atom. The van der Waals surface area contributed by atoms with Crippen molar-refractivity contribution < 1.29 is 23.7 Å². The van der Waals surface area contributed by atoms with Crippen LogP contribution in [0.3, 0.4) is 0 Å². The number of pyridine rings is 1. The summed E-state index contributed by atoms with van der Waals surface area (Å²) in [6.45, 7) is 14.3. The summed E-state index contributed by atoms with van der Waals surface area (Å²) in [6.07, 6.45) is 62.7.